The number of hydrogen-bond donors (Lipinski definition) is 0. The first kappa shape index (κ1) is 18.9. The van der Waals surface area contributed by atoms with Crippen LogP contribution in [0.2, 0.25) is 5.02 Å². The second kappa shape index (κ2) is 9.18. The van der Waals surface area contributed by atoms with Crippen molar-refractivity contribution in [1.82, 2.24) is 4.90 Å². The third kappa shape index (κ3) is 5.29. The predicted octanol–water partition coefficient (Wildman–Crippen LogP) is 3.78. The van der Waals surface area contributed by atoms with E-state index < -0.39 is 0 Å². The molecule has 1 amide bonds. The van der Waals surface area contributed by atoms with Gasteiger partial charge in [0.2, 0.25) is 0 Å². The Morgan fingerprint density at radius 3 is 2.40 bits per heavy atom. The van der Waals surface area contributed by atoms with Crippen molar-refractivity contribution in [2.24, 2.45) is 0 Å². The monoisotopic (exact) mass is 363 g/mol. The molecule has 0 aliphatic heterocycles. The zero-order chi connectivity index (χ0) is 18.2. The van der Waals surface area contributed by atoms with E-state index in [2.05, 4.69) is 0 Å². The summed E-state index contributed by atoms with van der Waals surface area (Å²) in [6.07, 6.45) is 0. The topological polar surface area (TPSA) is 48.0 Å². The van der Waals surface area contributed by atoms with Crippen LogP contribution >= 0.6 is 11.6 Å². The number of methoxy groups -OCH3 is 1. The molecule has 0 aromatic heterocycles. The summed E-state index contributed by atoms with van der Waals surface area (Å²) < 4.78 is 16.4. The van der Waals surface area contributed by atoms with Crippen LogP contribution in [0, 0.1) is 0 Å². The zero-order valence-corrected chi connectivity index (χ0v) is 15.4. The molecule has 0 N–H and O–H groups in total. The van der Waals surface area contributed by atoms with Crippen LogP contribution in [-0.4, -0.2) is 38.2 Å². The van der Waals surface area contributed by atoms with Gasteiger partial charge < -0.3 is 19.1 Å². The first-order valence-electron chi connectivity index (χ1n) is 7.96. The molecule has 2 aromatic carbocycles. The maximum atomic E-state index is 12.4. The van der Waals surface area contributed by atoms with E-state index >= 15 is 0 Å². The molecular formula is C19H22ClNO4. The van der Waals surface area contributed by atoms with Gasteiger partial charge in [0.05, 0.1) is 13.7 Å². The van der Waals surface area contributed by atoms with E-state index in [1.807, 2.05) is 25.1 Å². The van der Waals surface area contributed by atoms with Gasteiger partial charge in [0.15, 0.2) is 18.1 Å². The van der Waals surface area contributed by atoms with E-state index in [1.54, 1.807) is 43.3 Å². The smallest absolute Gasteiger partial charge is 0.260 e. The SMILES string of the molecule is CCOc1ccccc1OCC(=O)N(C)Cc1cc(Cl)ccc1OC. The van der Waals surface area contributed by atoms with E-state index in [0.717, 1.165) is 5.56 Å². The van der Waals surface area contributed by atoms with E-state index in [-0.39, 0.29) is 12.5 Å². The molecule has 0 aliphatic rings. The molecule has 25 heavy (non-hydrogen) atoms. The molecule has 6 heteroatoms. The molecule has 0 heterocycles. The fourth-order valence-corrected chi connectivity index (χ4v) is 2.50. The number of benzene rings is 2. The van der Waals surface area contributed by atoms with Crippen LogP contribution in [0.25, 0.3) is 0 Å². The molecule has 0 unspecified atom stereocenters. The first-order chi connectivity index (χ1) is 12.0. The number of nitrogens with zero attached hydrogens (tertiary/aromatic N) is 1. The van der Waals surface area contributed by atoms with Gasteiger partial charge in [-0.25, -0.2) is 0 Å². The molecule has 0 radical (unpaired) electrons. The minimum absolute atomic E-state index is 0.0799. The molecule has 0 aliphatic carbocycles. The number of amides is 1. The Morgan fingerprint density at radius 2 is 1.76 bits per heavy atom. The third-order valence-corrected chi connectivity index (χ3v) is 3.81. The van der Waals surface area contributed by atoms with Crippen molar-refractivity contribution in [3.05, 3.63) is 53.1 Å². The van der Waals surface area contributed by atoms with Gasteiger partial charge in [-0.3, -0.25) is 4.79 Å². The third-order valence-electron chi connectivity index (χ3n) is 3.58. The number of para-hydroxylation sites is 2. The molecule has 2 aromatic rings. The Kier molecular flexibility index (Phi) is 6.95. The summed E-state index contributed by atoms with van der Waals surface area (Å²) in [4.78, 5) is 13.9. The van der Waals surface area contributed by atoms with Crippen molar-refractivity contribution >= 4 is 17.5 Å². The number of ether oxygens (including phenoxy) is 3. The van der Waals surface area contributed by atoms with Crippen molar-refractivity contribution < 1.29 is 19.0 Å². The maximum Gasteiger partial charge on any atom is 0.260 e. The highest BCUT2D eigenvalue weighted by atomic mass is 35.5. The molecule has 0 spiro atoms. The highest BCUT2D eigenvalue weighted by molar-refractivity contribution is 6.30. The van der Waals surface area contributed by atoms with Crippen molar-refractivity contribution in [3.63, 3.8) is 0 Å². The van der Waals surface area contributed by atoms with Gasteiger partial charge in [-0.05, 0) is 37.3 Å². The van der Waals surface area contributed by atoms with Crippen LogP contribution in [0.3, 0.4) is 0 Å². The van der Waals surface area contributed by atoms with Crippen LogP contribution in [0.15, 0.2) is 42.5 Å². The predicted molar refractivity (Wildman–Crippen MR) is 97.6 cm³/mol. The Balaban J connectivity index is 1.98. The molecule has 0 saturated carbocycles. The fraction of sp³-hybridized carbons (Fsp3) is 0.316. The summed E-state index contributed by atoms with van der Waals surface area (Å²) in [6.45, 7) is 2.72. The van der Waals surface area contributed by atoms with Gasteiger partial charge >= 0.3 is 0 Å². The summed E-state index contributed by atoms with van der Waals surface area (Å²) >= 11 is 6.03. The minimum Gasteiger partial charge on any atom is -0.496 e. The average molecular weight is 364 g/mol. The lowest BCUT2D eigenvalue weighted by atomic mass is 10.2. The lowest BCUT2D eigenvalue weighted by molar-refractivity contribution is -0.132. The Hall–Kier alpha value is -2.40. The van der Waals surface area contributed by atoms with Gasteiger partial charge in [0.25, 0.3) is 5.91 Å². The lowest BCUT2D eigenvalue weighted by Gasteiger charge is -2.19. The van der Waals surface area contributed by atoms with Crippen LogP contribution in [-0.2, 0) is 11.3 Å². The van der Waals surface area contributed by atoms with Crippen LogP contribution in [0.4, 0.5) is 0 Å². The van der Waals surface area contributed by atoms with Crippen molar-refractivity contribution in [3.8, 4) is 17.2 Å². The Labute approximate surface area is 153 Å². The minimum atomic E-state index is -0.159. The lowest BCUT2D eigenvalue weighted by Crippen LogP contribution is -2.31. The number of hydrogen-bond acceptors (Lipinski definition) is 4. The summed E-state index contributed by atoms with van der Waals surface area (Å²) in [6, 6.07) is 12.6. The summed E-state index contributed by atoms with van der Waals surface area (Å²) in [7, 11) is 3.29. The van der Waals surface area contributed by atoms with Gasteiger partial charge in [-0.1, -0.05) is 23.7 Å². The Morgan fingerprint density at radius 1 is 1.08 bits per heavy atom. The van der Waals surface area contributed by atoms with Crippen molar-refractivity contribution in [1.29, 1.82) is 0 Å². The van der Waals surface area contributed by atoms with Gasteiger partial charge in [0.1, 0.15) is 5.75 Å². The number of carbonyl (C=O) groups is 1. The van der Waals surface area contributed by atoms with Gasteiger partial charge in [0, 0.05) is 24.2 Å². The highest BCUT2D eigenvalue weighted by Gasteiger charge is 2.14. The molecule has 0 atom stereocenters. The Bertz CT molecular complexity index is 720. The highest BCUT2D eigenvalue weighted by Crippen LogP contribution is 2.27. The van der Waals surface area contributed by atoms with E-state index in [4.69, 9.17) is 25.8 Å². The number of likely N-dealkylation sites (N-methyl/N-ethyl adjacent to an activating group) is 1. The summed E-state index contributed by atoms with van der Waals surface area (Å²) in [5.74, 6) is 1.70. The normalized spacial score (nSPS) is 10.2. The molecule has 0 bridgehead atoms. The first-order valence-corrected chi connectivity index (χ1v) is 8.34. The zero-order valence-electron chi connectivity index (χ0n) is 14.6. The van der Waals surface area contributed by atoms with Gasteiger partial charge in [-0.15, -0.1) is 0 Å². The molecular weight excluding hydrogens is 342 g/mol. The molecule has 0 saturated heterocycles. The quantitative estimate of drug-likeness (QED) is 0.716. The van der Waals surface area contributed by atoms with Crippen LogP contribution < -0.4 is 14.2 Å². The standard InChI is InChI=1S/C19H22ClNO4/c1-4-24-17-7-5-6-8-18(17)25-13-19(22)21(2)12-14-11-15(20)9-10-16(14)23-3/h5-11H,4,12-13H2,1-3H3. The maximum absolute atomic E-state index is 12.4. The second-order valence-corrected chi connectivity index (χ2v) is 5.81. The summed E-state index contributed by atoms with van der Waals surface area (Å²) in [5.41, 5.74) is 0.834. The summed E-state index contributed by atoms with van der Waals surface area (Å²) in [5, 5.41) is 0.596. The molecule has 5 nitrogen and oxygen atoms in total. The van der Waals surface area contributed by atoms with Crippen LogP contribution in [0.1, 0.15) is 12.5 Å². The number of halogens is 1. The molecule has 2 rings (SSSR count). The molecule has 0 fully saturated rings. The number of carbonyl (C=O) groups excluding carboxylic acids is 1. The molecule has 134 valence electrons. The van der Waals surface area contributed by atoms with Gasteiger partial charge in [-0.2, -0.15) is 0 Å². The van der Waals surface area contributed by atoms with E-state index in [9.17, 15) is 4.79 Å². The van der Waals surface area contributed by atoms with Crippen molar-refractivity contribution in [2.75, 3.05) is 27.4 Å². The van der Waals surface area contributed by atoms with Crippen LogP contribution in [0.5, 0.6) is 17.2 Å². The number of rotatable bonds is 8. The van der Waals surface area contributed by atoms with Crippen molar-refractivity contribution in [2.45, 2.75) is 13.5 Å². The fourth-order valence-electron chi connectivity index (χ4n) is 2.31. The van der Waals surface area contributed by atoms with E-state index in [1.165, 1.54) is 0 Å². The average Bonchev–Trinajstić information content (AvgIpc) is 2.61. The van der Waals surface area contributed by atoms with E-state index in [0.29, 0.717) is 35.4 Å². The second-order valence-electron chi connectivity index (χ2n) is 5.37. The largest absolute Gasteiger partial charge is 0.496 e.